The SMILES string of the molecule is CC1(C)c2ccccc2-c2ccc(-c3ccc(N(c4ccc(-c5ccccc5)cc4)c4ccc(-n5c6ccccc6c6ccccc65)cc4)cc3-c3cccc4c3oc3ccccc34)cc21. The third-order valence-corrected chi connectivity index (χ3v) is 14.0. The molecule has 0 aliphatic heterocycles. The van der Waals surface area contributed by atoms with Crippen LogP contribution in [0.4, 0.5) is 17.1 Å². The number of benzene rings is 10. The number of nitrogens with zero attached hydrogens (tertiary/aromatic N) is 2. The second-order valence-corrected chi connectivity index (χ2v) is 18.1. The molecule has 0 bridgehead atoms. The quantitative estimate of drug-likeness (QED) is 0.159. The van der Waals surface area contributed by atoms with Crippen molar-refractivity contribution in [3.63, 3.8) is 0 Å². The highest BCUT2D eigenvalue weighted by molar-refractivity contribution is 6.11. The molecule has 12 aromatic rings. The number of fused-ring (bicyclic) bond motifs is 9. The largest absolute Gasteiger partial charge is 0.455 e. The summed E-state index contributed by atoms with van der Waals surface area (Å²) in [6.07, 6.45) is 0. The summed E-state index contributed by atoms with van der Waals surface area (Å²) in [6, 6.07) is 83.9. The van der Waals surface area contributed by atoms with Crippen LogP contribution in [-0.2, 0) is 5.41 Å². The minimum atomic E-state index is -0.130. The minimum Gasteiger partial charge on any atom is -0.455 e. The monoisotopic (exact) mass is 844 g/mol. The summed E-state index contributed by atoms with van der Waals surface area (Å²) < 4.78 is 9.18. The van der Waals surface area contributed by atoms with Crippen molar-refractivity contribution in [2.45, 2.75) is 19.3 Å². The van der Waals surface area contributed by atoms with Crippen molar-refractivity contribution in [2.75, 3.05) is 4.90 Å². The van der Waals surface area contributed by atoms with E-state index >= 15 is 0 Å². The van der Waals surface area contributed by atoms with Crippen molar-refractivity contribution < 1.29 is 4.42 Å². The van der Waals surface area contributed by atoms with Gasteiger partial charge in [0, 0.05) is 55.3 Å². The van der Waals surface area contributed by atoms with E-state index in [0.717, 1.165) is 61.4 Å². The molecule has 10 aromatic carbocycles. The average Bonchev–Trinajstić information content (AvgIpc) is 4.00. The Bertz CT molecular complexity index is 3780. The van der Waals surface area contributed by atoms with Crippen LogP contribution in [0.3, 0.4) is 0 Å². The number of aromatic nitrogens is 1. The molecular weight excluding hydrogens is 801 g/mol. The molecule has 1 aliphatic carbocycles. The van der Waals surface area contributed by atoms with Gasteiger partial charge in [-0.25, -0.2) is 0 Å². The zero-order chi connectivity index (χ0) is 43.9. The Labute approximate surface area is 384 Å². The van der Waals surface area contributed by atoms with Crippen LogP contribution < -0.4 is 4.90 Å². The van der Waals surface area contributed by atoms with Gasteiger partial charge >= 0.3 is 0 Å². The summed E-state index contributed by atoms with van der Waals surface area (Å²) in [5.41, 5.74) is 20.6. The first-order chi connectivity index (χ1) is 32.5. The van der Waals surface area contributed by atoms with E-state index in [1.165, 1.54) is 60.8 Å². The molecule has 2 heterocycles. The van der Waals surface area contributed by atoms with Crippen LogP contribution in [-0.4, -0.2) is 4.57 Å². The highest BCUT2D eigenvalue weighted by atomic mass is 16.3. The lowest BCUT2D eigenvalue weighted by atomic mass is 9.81. The lowest BCUT2D eigenvalue weighted by Gasteiger charge is -2.27. The fourth-order valence-corrected chi connectivity index (χ4v) is 10.8. The number of rotatable bonds is 7. The number of hydrogen-bond donors (Lipinski definition) is 0. The van der Waals surface area contributed by atoms with E-state index in [-0.39, 0.29) is 5.41 Å². The van der Waals surface area contributed by atoms with Crippen molar-refractivity contribution in [1.82, 2.24) is 4.57 Å². The van der Waals surface area contributed by atoms with E-state index in [1.54, 1.807) is 0 Å². The highest BCUT2D eigenvalue weighted by Gasteiger charge is 2.35. The molecule has 0 atom stereocenters. The van der Waals surface area contributed by atoms with Gasteiger partial charge in [0.15, 0.2) is 0 Å². The van der Waals surface area contributed by atoms with Gasteiger partial charge in [0.25, 0.3) is 0 Å². The van der Waals surface area contributed by atoms with Gasteiger partial charge in [-0.15, -0.1) is 0 Å². The van der Waals surface area contributed by atoms with Crippen molar-refractivity contribution in [2.24, 2.45) is 0 Å². The van der Waals surface area contributed by atoms with Crippen LogP contribution in [0.5, 0.6) is 0 Å². The highest BCUT2D eigenvalue weighted by Crippen LogP contribution is 2.51. The molecule has 0 spiro atoms. The Morgan fingerprint density at radius 3 is 1.67 bits per heavy atom. The average molecular weight is 845 g/mol. The second-order valence-electron chi connectivity index (χ2n) is 18.1. The first kappa shape index (κ1) is 38.1. The summed E-state index contributed by atoms with van der Waals surface area (Å²) in [5.74, 6) is 0. The van der Waals surface area contributed by atoms with E-state index in [0.29, 0.717) is 0 Å². The summed E-state index contributed by atoms with van der Waals surface area (Å²) in [5, 5.41) is 4.73. The first-order valence-corrected chi connectivity index (χ1v) is 22.8. The lowest BCUT2D eigenvalue weighted by molar-refractivity contribution is 0.660. The van der Waals surface area contributed by atoms with Gasteiger partial charge < -0.3 is 13.9 Å². The Balaban J connectivity index is 1.01. The van der Waals surface area contributed by atoms with Crippen LogP contribution in [0.2, 0.25) is 0 Å². The third kappa shape index (κ3) is 5.90. The van der Waals surface area contributed by atoms with Crippen LogP contribution in [0.1, 0.15) is 25.0 Å². The fourth-order valence-electron chi connectivity index (χ4n) is 10.8. The molecule has 3 heteroatoms. The zero-order valence-corrected chi connectivity index (χ0v) is 36.7. The summed E-state index contributed by atoms with van der Waals surface area (Å²) in [4.78, 5) is 2.39. The molecule has 1 aliphatic rings. The molecule has 13 rings (SSSR count). The van der Waals surface area contributed by atoms with Crippen molar-refractivity contribution >= 4 is 60.8 Å². The maximum absolute atomic E-state index is 6.80. The van der Waals surface area contributed by atoms with E-state index in [1.807, 2.05) is 6.07 Å². The molecule has 0 radical (unpaired) electrons. The van der Waals surface area contributed by atoms with E-state index in [2.05, 4.69) is 248 Å². The van der Waals surface area contributed by atoms with Crippen molar-refractivity contribution in [1.29, 1.82) is 0 Å². The molecule has 2 aromatic heterocycles. The topological polar surface area (TPSA) is 21.3 Å². The summed E-state index contributed by atoms with van der Waals surface area (Å²) in [7, 11) is 0. The third-order valence-electron chi connectivity index (χ3n) is 14.0. The predicted octanol–water partition coefficient (Wildman–Crippen LogP) is 17.5. The van der Waals surface area contributed by atoms with Gasteiger partial charge in [0.05, 0.1) is 11.0 Å². The molecule has 312 valence electrons. The van der Waals surface area contributed by atoms with Gasteiger partial charge in [-0.3, -0.25) is 0 Å². The van der Waals surface area contributed by atoms with E-state index < -0.39 is 0 Å². The fraction of sp³-hybridized carbons (Fsp3) is 0.0476. The molecule has 0 saturated carbocycles. The Morgan fingerprint density at radius 2 is 0.909 bits per heavy atom. The Hall–Kier alpha value is -8.40. The molecular formula is C63H44N2O. The number of furan rings is 1. The normalized spacial score (nSPS) is 12.8. The molecule has 0 fully saturated rings. The predicted molar refractivity (Wildman–Crippen MR) is 277 cm³/mol. The number of hydrogen-bond acceptors (Lipinski definition) is 2. The Morgan fingerprint density at radius 1 is 0.364 bits per heavy atom. The number of para-hydroxylation sites is 4. The summed E-state index contributed by atoms with van der Waals surface area (Å²) >= 11 is 0. The van der Waals surface area contributed by atoms with Gasteiger partial charge in [-0.05, 0) is 123 Å². The number of anilines is 3. The zero-order valence-electron chi connectivity index (χ0n) is 36.7. The molecule has 0 unspecified atom stereocenters. The van der Waals surface area contributed by atoms with E-state index in [9.17, 15) is 0 Å². The van der Waals surface area contributed by atoms with Crippen LogP contribution in [0.25, 0.3) is 93.9 Å². The van der Waals surface area contributed by atoms with Crippen LogP contribution in [0, 0.1) is 0 Å². The van der Waals surface area contributed by atoms with Crippen molar-refractivity contribution in [3.05, 3.63) is 242 Å². The van der Waals surface area contributed by atoms with Crippen molar-refractivity contribution in [3.8, 4) is 50.2 Å². The molecule has 0 amide bonds. The minimum absolute atomic E-state index is 0.130. The smallest absolute Gasteiger partial charge is 0.143 e. The summed E-state index contributed by atoms with van der Waals surface area (Å²) in [6.45, 7) is 4.71. The molecule has 0 N–H and O–H groups in total. The Kier molecular flexibility index (Phi) is 8.56. The van der Waals surface area contributed by atoms with Crippen LogP contribution >= 0.6 is 0 Å². The van der Waals surface area contributed by atoms with Gasteiger partial charge in [0.1, 0.15) is 11.2 Å². The maximum Gasteiger partial charge on any atom is 0.143 e. The standard InChI is InChI=1S/C63H44N2O/c1-63(2)57-23-10-6-17-49(57)50-37-29-43(39-58(50)63)48-38-36-47(40-56(48)55-22-14-21-54-53-20-9-13-26-61(53)66-62(54)55)64(44-30-27-42(28-31-44)41-15-4-3-5-16-41)45-32-34-46(35-33-45)65-59-24-11-7-18-51(59)52-19-8-12-25-60(52)65/h3-40H,1-2H3. The van der Waals surface area contributed by atoms with Gasteiger partial charge in [-0.1, -0.05) is 172 Å². The molecule has 0 saturated heterocycles. The lowest BCUT2D eigenvalue weighted by Crippen LogP contribution is -2.15. The molecule has 3 nitrogen and oxygen atoms in total. The first-order valence-electron chi connectivity index (χ1n) is 22.8. The van der Waals surface area contributed by atoms with Gasteiger partial charge in [-0.2, -0.15) is 0 Å². The molecule has 66 heavy (non-hydrogen) atoms. The van der Waals surface area contributed by atoms with Gasteiger partial charge in [0.2, 0.25) is 0 Å². The van der Waals surface area contributed by atoms with E-state index in [4.69, 9.17) is 4.42 Å². The van der Waals surface area contributed by atoms with Crippen LogP contribution in [0.15, 0.2) is 235 Å². The maximum atomic E-state index is 6.80. The second kappa shape index (κ2) is 14.8.